The van der Waals surface area contributed by atoms with Crippen LogP contribution in [-0.2, 0) is 12.0 Å². The molecule has 5 nitrogen and oxygen atoms in total. The van der Waals surface area contributed by atoms with Gasteiger partial charge in [-0.15, -0.1) is 0 Å². The molecule has 3 aromatic rings. The van der Waals surface area contributed by atoms with Gasteiger partial charge >= 0.3 is 0 Å². The second-order valence-corrected chi connectivity index (χ2v) is 8.70. The van der Waals surface area contributed by atoms with Crippen molar-refractivity contribution in [3.05, 3.63) is 82.3 Å². The normalized spacial score (nSPS) is 18.9. The smallest absolute Gasteiger partial charge is 0.251 e. The van der Waals surface area contributed by atoms with Crippen molar-refractivity contribution in [1.82, 2.24) is 15.3 Å². The molecule has 0 bridgehead atoms. The molecule has 31 heavy (non-hydrogen) atoms. The fourth-order valence-electron chi connectivity index (χ4n) is 4.22. The van der Waals surface area contributed by atoms with Crippen LogP contribution in [0.5, 0.6) is 0 Å². The van der Waals surface area contributed by atoms with Gasteiger partial charge < -0.3 is 10.2 Å². The topological polar surface area (TPSA) is 58.1 Å². The van der Waals surface area contributed by atoms with E-state index in [1.165, 1.54) is 0 Å². The summed E-state index contributed by atoms with van der Waals surface area (Å²) < 4.78 is 14.6. The van der Waals surface area contributed by atoms with Crippen LogP contribution in [-0.4, -0.2) is 28.6 Å². The van der Waals surface area contributed by atoms with E-state index in [4.69, 9.17) is 11.6 Å². The van der Waals surface area contributed by atoms with E-state index in [1.54, 1.807) is 36.5 Å². The van der Waals surface area contributed by atoms with Crippen LogP contribution >= 0.6 is 11.6 Å². The number of hydrogen-bond acceptors (Lipinski definition) is 4. The van der Waals surface area contributed by atoms with Crippen LogP contribution in [0.2, 0.25) is 5.02 Å². The van der Waals surface area contributed by atoms with Gasteiger partial charge in [0, 0.05) is 28.9 Å². The molecule has 2 aliphatic rings. The number of benzene rings is 2. The monoisotopic (exact) mass is 436 g/mol. The Hall–Kier alpha value is -2.99. The summed E-state index contributed by atoms with van der Waals surface area (Å²) in [6.45, 7) is 2.09. The number of carbonyl (C=O) groups excluding carboxylic acids is 1. The van der Waals surface area contributed by atoms with Gasteiger partial charge in [0.2, 0.25) is 0 Å². The van der Waals surface area contributed by atoms with Gasteiger partial charge in [-0.05, 0) is 67.3 Å². The van der Waals surface area contributed by atoms with Gasteiger partial charge in [-0.2, -0.15) is 0 Å². The van der Waals surface area contributed by atoms with Gasteiger partial charge in [0.15, 0.2) is 0 Å². The SMILES string of the molecule is Cc1nccc(N2CC(F)Cc3cc(C4(NC(=O)c5ccc(Cl)cc5)CC4)ccc32)n1. The lowest BCUT2D eigenvalue weighted by Crippen LogP contribution is -2.36. The average molecular weight is 437 g/mol. The van der Waals surface area contributed by atoms with Crippen molar-refractivity contribution in [2.75, 3.05) is 11.4 Å². The maximum atomic E-state index is 14.6. The number of aryl methyl sites for hydroxylation is 1. The number of aromatic nitrogens is 2. The number of carbonyl (C=O) groups is 1. The number of amides is 1. The zero-order valence-electron chi connectivity index (χ0n) is 17.1. The first-order valence-corrected chi connectivity index (χ1v) is 10.7. The zero-order chi connectivity index (χ0) is 21.6. The molecule has 1 aliphatic heterocycles. The molecular weight excluding hydrogens is 415 g/mol. The van der Waals surface area contributed by atoms with Gasteiger partial charge in [0.1, 0.15) is 17.8 Å². The fourth-order valence-corrected chi connectivity index (χ4v) is 4.35. The van der Waals surface area contributed by atoms with E-state index in [0.29, 0.717) is 28.6 Å². The third kappa shape index (κ3) is 3.88. The molecule has 158 valence electrons. The lowest BCUT2D eigenvalue weighted by atomic mass is 9.94. The maximum Gasteiger partial charge on any atom is 0.251 e. The number of nitrogens with one attached hydrogen (secondary N) is 1. The largest absolute Gasteiger partial charge is 0.343 e. The third-order valence-electron chi connectivity index (χ3n) is 5.99. The summed E-state index contributed by atoms with van der Waals surface area (Å²) >= 11 is 5.93. The summed E-state index contributed by atoms with van der Waals surface area (Å²) in [5.41, 5.74) is 3.07. The Morgan fingerprint density at radius 3 is 2.68 bits per heavy atom. The van der Waals surface area contributed by atoms with Crippen molar-refractivity contribution in [3.8, 4) is 0 Å². The minimum absolute atomic E-state index is 0.131. The molecule has 0 saturated heterocycles. The molecule has 5 rings (SSSR count). The number of nitrogens with zero attached hydrogens (tertiary/aromatic N) is 3. The summed E-state index contributed by atoms with van der Waals surface area (Å²) in [5.74, 6) is 1.22. The van der Waals surface area contributed by atoms with Crippen molar-refractivity contribution in [2.24, 2.45) is 0 Å². The molecule has 2 aromatic carbocycles. The van der Waals surface area contributed by atoms with Gasteiger partial charge in [-0.1, -0.05) is 23.7 Å². The summed E-state index contributed by atoms with van der Waals surface area (Å²) in [5, 5.41) is 3.77. The first-order chi connectivity index (χ1) is 14.9. The Balaban J connectivity index is 1.43. The lowest BCUT2D eigenvalue weighted by Gasteiger charge is -2.33. The lowest BCUT2D eigenvalue weighted by molar-refractivity contribution is 0.0930. The molecule has 0 radical (unpaired) electrons. The number of alkyl halides is 1. The van der Waals surface area contributed by atoms with E-state index in [1.807, 2.05) is 30.0 Å². The van der Waals surface area contributed by atoms with E-state index in [2.05, 4.69) is 15.3 Å². The molecule has 1 fully saturated rings. The maximum absolute atomic E-state index is 14.6. The van der Waals surface area contributed by atoms with E-state index >= 15 is 0 Å². The molecule has 1 atom stereocenters. The van der Waals surface area contributed by atoms with Gasteiger partial charge in [-0.25, -0.2) is 14.4 Å². The van der Waals surface area contributed by atoms with Crippen molar-refractivity contribution in [1.29, 1.82) is 0 Å². The van der Waals surface area contributed by atoms with Crippen LogP contribution < -0.4 is 10.2 Å². The van der Waals surface area contributed by atoms with Crippen LogP contribution in [0.1, 0.15) is 40.2 Å². The highest BCUT2D eigenvalue weighted by Gasteiger charge is 2.46. The fraction of sp³-hybridized carbons (Fsp3) is 0.292. The van der Waals surface area contributed by atoms with Gasteiger partial charge in [-0.3, -0.25) is 4.79 Å². The first-order valence-electron chi connectivity index (χ1n) is 10.4. The summed E-state index contributed by atoms with van der Waals surface area (Å²) in [7, 11) is 0. The Morgan fingerprint density at radius 2 is 1.97 bits per heavy atom. The van der Waals surface area contributed by atoms with Crippen LogP contribution in [0.3, 0.4) is 0 Å². The highest BCUT2D eigenvalue weighted by Crippen LogP contribution is 2.47. The molecule has 1 saturated carbocycles. The number of hydrogen-bond donors (Lipinski definition) is 1. The highest BCUT2D eigenvalue weighted by atomic mass is 35.5. The van der Waals surface area contributed by atoms with E-state index in [9.17, 15) is 9.18 Å². The molecule has 0 spiro atoms. The minimum Gasteiger partial charge on any atom is -0.343 e. The standard InChI is InChI=1S/C24H22ClFN4O/c1-15-27-11-8-22(28-15)30-14-20(26)13-17-12-18(4-7-21(17)30)24(9-10-24)29-23(31)16-2-5-19(25)6-3-16/h2-8,11-12,20H,9-10,13-14H2,1H3,(H,29,31). The quantitative estimate of drug-likeness (QED) is 0.632. The summed E-state index contributed by atoms with van der Waals surface area (Å²) in [4.78, 5) is 23.3. The predicted octanol–water partition coefficient (Wildman–Crippen LogP) is 4.89. The van der Waals surface area contributed by atoms with Crippen molar-refractivity contribution >= 4 is 29.0 Å². The second kappa shape index (κ2) is 7.61. The van der Waals surface area contributed by atoms with Crippen molar-refractivity contribution < 1.29 is 9.18 Å². The van der Waals surface area contributed by atoms with Crippen LogP contribution in [0.25, 0.3) is 0 Å². The molecule has 1 unspecified atom stereocenters. The second-order valence-electron chi connectivity index (χ2n) is 8.26. The summed E-state index contributed by atoms with van der Waals surface area (Å²) in [6, 6.07) is 14.7. The Bertz CT molecular complexity index is 1150. The van der Waals surface area contributed by atoms with Crippen LogP contribution in [0.15, 0.2) is 54.7 Å². The molecule has 2 heterocycles. The highest BCUT2D eigenvalue weighted by molar-refractivity contribution is 6.30. The minimum atomic E-state index is -0.989. The molecule has 1 aromatic heterocycles. The number of fused-ring (bicyclic) bond motifs is 1. The average Bonchev–Trinajstić information content (AvgIpc) is 3.53. The Kier molecular flexibility index (Phi) is 4.89. The van der Waals surface area contributed by atoms with Crippen LogP contribution in [0.4, 0.5) is 15.9 Å². The number of halogens is 2. The van der Waals surface area contributed by atoms with E-state index in [0.717, 1.165) is 29.7 Å². The number of rotatable bonds is 4. The van der Waals surface area contributed by atoms with Gasteiger partial charge in [0.05, 0.1) is 12.1 Å². The zero-order valence-corrected chi connectivity index (χ0v) is 17.9. The van der Waals surface area contributed by atoms with Gasteiger partial charge in [0.25, 0.3) is 5.91 Å². The molecule has 1 aliphatic carbocycles. The van der Waals surface area contributed by atoms with Crippen LogP contribution in [0, 0.1) is 6.92 Å². The number of anilines is 2. The first kappa shape index (κ1) is 19.9. The van der Waals surface area contributed by atoms with E-state index < -0.39 is 11.7 Å². The molecular formula is C24H22ClFN4O. The predicted molar refractivity (Wildman–Crippen MR) is 119 cm³/mol. The molecule has 1 amide bonds. The Morgan fingerprint density at radius 1 is 1.19 bits per heavy atom. The summed E-state index contributed by atoms with van der Waals surface area (Å²) in [6.07, 6.45) is 2.78. The Labute approximate surface area is 185 Å². The third-order valence-corrected chi connectivity index (χ3v) is 6.24. The molecule has 1 N–H and O–H groups in total. The van der Waals surface area contributed by atoms with Crippen molar-refractivity contribution in [3.63, 3.8) is 0 Å². The van der Waals surface area contributed by atoms with E-state index in [-0.39, 0.29) is 12.5 Å². The molecule has 7 heteroatoms. The van der Waals surface area contributed by atoms with Crippen molar-refractivity contribution in [2.45, 2.75) is 37.9 Å².